The van der Waals surface area contributed by atoms with Gasteiger partial charge in [-0.15, -0.1) is 0 Å². The minimum absolute atomic E-state index is 0.0665. The van der Waals surface area contributed by atoms with Crippen molar-refractivity contribution in [2.75, 3.05) is 18.5 Å². The molecule has 2 N–H and O–H groups in total. The summed E-state index contributed by atoms with van der Waals surface area (Å²) < 4.78 is 5.42. The molecule has 0 radical (unpaired) electrons. The van der Waals surface area contributed by atoms with Gasteiger partial charge in [0.05, 0.1) is 16.6 Å². The molecule has 1 saturated heterocycles. The molecule has 1 unspecified atom stereocenters. The summed E-state index contributed by atoms with van der Waals surface area (Å²) in [6.07, 6.45) is 2.00. The minimum Gasteiger partial charge on any atom is -0.478 e. The molecule has 1 fully saturated rings. The molecule has 0 amide bonds. The van der Waals surface area contributed by atoms with Crippen LogP contribution >= 0.6 is 0 Å². The number of nitro benzene ring substituents is 1. The Morgan fingerprint density at radius 2 is 2.37 bits per heavy atom. The van der Waals surface area contributed by atoms with Gasteiger partial charge < -0.3 is 15.2 Å². The smallest absolute Gasteiger partial charge is 0.338 e. The number of rotatable bonds is 5. The summed E-state index contributed by atoms with van der Waals surface area (Å²) in [6.45, 7) is 1.22. The van der Waals surface area contributed by atoms with E-state index in [9.17, 15) is 14.9 Å². The summed E-state index contributed by atoms with van der Waals surface area (Å²) in [6, 6.07) is 3.75. The van der Waals surface area contributed by atoms with Gasteiger partial charge in [0, 0.05) is 31.0 Å². The van der Waals surface area contributed by atoms with Crippen molar-refractivity contribution in [3.63, 3.8) is 0 Å². The number of carboxylic acid groups (broad SMARTS) is 1. The van der Waals surface area contributed by atoms with E-state index in [1.165, 1.54) is 12.1 Å². The van der Waals surface area contributed by atoms with E-state index in [1.54, 1.807) is 0 Å². The maximum atomic E-state index is 11.1. The van der Waals surface area contributed by atoms with Gasteiger partial charge in [-0.2, -0.15) is 0 Å². The van der Waals surface area contributed by atoms with Crippen LogP contribution in [0.4, 0.5) is 11.4 Å². The quantitative estimate of drug-likeness (QED) is 0.623. The molecular weight excluding hydrogens is 252 g/mol. The van der Waals surface area contributed by atoms with Crippen LogP contribution in [-0.2, 0) is 4.74 Å². The van der Waals surface area contributed by atoms with Gasteiger partial charge in [0.2, 0.25) is 0 Å². The first-order valence-electron chi connectivity index (χ1n) is 5.95. The summed E-state index contributed by atoms with van der Waals surface area (Å²) in [4.78, 5) is 21.1. The number of benzene rings is 1. The number of nitro groups is 1. The third kappa shape index (κ3) is 3.19. The van der Waals surface area contributed by atoms with Crippen LogP contribution < -0.4 is 5.32 Å². The molecule has 1 atom stereocenters. The zero-order valence-corrected chi connectivity index (χ0v) is 10.2. The molecule has 1 aliphatic heterocycles. The zero-order valence-electron chi connectivity index (χ0n) is 10.2. The Kier molecular flexibility index (Phi) is 3.96. The number of carboxylic acids is 1. The molecule has 1 aromatic rings. The first-order chi connectivity index (χ1) is 9.08. The van der Waals surface area contributed by atoms with E-state index in [1.807, 2.05) is 0 Å². The van der Waals surface area contributed by atoms with Crippen LogP contribution in [0.3, 0.4) is 0 Å². The predicted molar refractivity (Wildman–Crippen MR) is 67.5 cm³/mol. The van der Waals surface area contributed by atoms with E-state index in [0.717, 1.165) is 25.5 Å². The number of hydrogen-bond donors (Lipinski definition) is 2. The highest BCUT2D eigenvalue weighted by Gasteiger charge is 2.19. The highest BCUT2D eigenvalue weighted by Crippen LogP contribution is 2.23. The Balaban J connectivity index is 2.14. The molecule has 7 heteroatoms. The highest BCUT2D eigenvalue weighted by atomic mass is 16.6. The minimum atomic E-state index is -1.20. The average Bonchev–Trinajstić information content (AvgIpc) is 2.89. The molecule has 7 nitrogen and oxygen atoms in total. The van der Waals surface area contributed by atoms with Gasteiger partial charge in [-0.05, 0) is 18.9 Å². The molecular formula is C12H14N2O5. The molecule has 19 heavy (non-hydrogen) atoms. The molecule has 1 aliphatic rings. The third-order valence-corrected chi connectivity index (χ3v) is 2.99. The van der Waals surface area contributed by atoms with Crippen molar-refractivity contribution in [2.45, 2.75) is 18.9 Å². The molecule has 1 heterocycles. The van der Waals surface area contributed by atoms with Crippen molar-refractivity contribution in [3.05, 3.63) is 33.9 Å². The van der Waals surface area contributed by atoms with Crippen LogP contribution in [0.25, 0.3) is 0 Å². The third-order valence-electron chi connectivity index (χ3n) is 2.99. The van der Waals surface area contributed by atoms with Gasteiger partial charge in [-0.1, -0.05) is 0 Å². The Morgan fingerprint density at radius 3 is 2.95 bits per heavy atom. The second kappa shape index (κ2) is 5.66. The number of carbonyl (C=O) groups is 1. The summed E-state index contributed by atoms with van der Waals surface area (Å²) in [5, 5.41) is 22.7. The lowest BCUT2D eigenvalue weighted by atomic mass is 10.1. The van der Waals surface area contributed by atoms with Crippen molar-refractivity contribution < 1.29 is 19.6 Å². The van der Waals surface area contributed by atoms with E-state index in [0.29, 0.717) is 12.2 Å². The summed E-state index contributed by atoms with van der Waals surface area (Å²) in [7, 11) is 0. The first-order valence-corrected chi connectivity index (χ1v) is 5.95. The number of nitrogens with one attached hydrogen (secondary N) is 1. The topological polar surface area (TPSA) is 102 Å². The first kappa shape index (κ1) is 13.3. The molecule has 0 saturated carbocycles. The molecule has 0 bridgehead atoms. The van der Waals surface area contributed by atoms with Gasteiger partial charge in [0.1, 0.15) is 0 Å². The molecule has 1 aromatic carbocycles. The summed E-state index contributed by atoms with van der Waals surface area (Å²) >= 11 is 0. The standard InChI is InChI=1S/C12H14N2O5/c15-12(16)10-6-8(14(17)18)3-4-11(10)13-7-9-2-1-5-19-9/h3-4,6,9,13H,1-2,5,7H2,(H,15,16). The van der Waals surface area contributed by atoms with Crippen molar-refractivity contribution >= 4 is 17.3 Å². The van der Waals surface area contributed by atoms with Crippen LogP contribution in [0.5, 0.6) is 0 Å². The van der Waals surface area contributed by atoms with Crippen LogP contribution in [0, 0.1) is 10.1 Å². The predicted octanol–water partition coefficient (Wildman–Crippen LogP) is 1.88. The number of anilines is 1. The van der Waals surface area contributed by atoms with Crippen LogP contribution in [0.15, 0.2) is 18.2 Å². The molecule has 102 valence electrons. The average molecular weight is 266 g/mol. The number of aromatic carboxylic acids is 1. The Hall–Kier alpha value is -2.15. The second-order valence-electron chi connectivity index (χ2n) is 4.31. The fourth-order valence-corrected chi connectivity index (χ4v) is 2.01. The summed E-state index contributed by atoms with van der Waals surface area (Å²) in [5.74, 6) is -1.20. The van der Waals surface area contributed by atoms with Crippen molar-refractivity contribution in [1.82, 2.24) is 0 Å². The SMILES string of the molecule is O=C(O)c1cc([N+](=O)[O-])ccc1NCC1CCCO1. The lowest BCUT2D eigenvalue weighted by molar-refractivity contribution is -0.384. The van der Waals surface area contributed by atoms with Gasteiger partial charge in [0.25, 0.3) is 5.69 Å². The van der Waals surface area contributed by atoms with Crippen molar-refractivity contribution in [2.24, 2.45) is 0 Å². The number of hydrogen-bond acceptors (Lipinski definition) is 5. The van der Waals surface area contributed by atoms with Crippen molar-refractivity contribution in [3.8, 4) is 0 Å². The van der Waals surface area contributed by atoms with E-state index >= 15 is 0 Å². The van der Waals surface area contributed by atoms with Crippen molar-refractivity contribution in [1.29, 1.82) is 0 Å². The highest BCUT2D eigenvalue weighted by molar-refractivity contribution is 5.95. The van der Waals surface area contributed by atoms with Crippen LogP contribution in [-0.4, -0.2) is 35.3 Å². The van der Waals surface area contributed by atoms with Gasteiger partial charge in [0.15, 0.2) is 0 Å². The molecule has 0 spiro atoms. The lowest BCUT2D eigenvalue weighted by Crippen LogP contribution is -2.19. The molecule has 0 aliphatic carbocycles. The Labute approximate surface area is 109 Å². The second-order valence-corrected chi connectivity index (χ2v) is 4.31. The summed E-state index contributed by atoms with van der Waals surface area (Å²) in [5.41, 5.74) is 0.0286. The normalized spacial score (nSPS) is 18.2. The number of nitrogens with zero attached hydrogens (tertiary/aromatic N) is 1. The zero-order chi connectivity index (χ0) is 13.8. The van der Waals surface area contributed by atoms with E-state index in [-0.39, 0.29) is 17.4 Å². The maximum Gasteiger partial charge on any atom is 0.338 e. The number of ether oxygens (including phenoxy) is 1. The number of non-ortho nitro benzene ring substituents is 1. The van der Waals surface area contributed by atoms with E-state index in [2.05, 4.69) is 5.32 Å². The van der Waals surface area contributed by atoms with Crippen LogP contribution in [0.2, 0.25) is 0 Å². The van der Waals surface area contributed by atoms with Crippen LogP contribution in [0.1, 0.15) is 23.2 Å². The fraction of sp³-hybridized carbons (Fsp3) is 0.417. The van der Waals surface area contributed by atoms with Gasteiger partial charge >= 0.3 is 5.97 Å². The van der Waals surface area contributed by atoms with Gasteiger partial charge in [-0.3, -0.25) is 10.1 Å². The largest absolute Gasteiger partial charge is 0.478 e. The Bertz CT molecular complexity index is 497. The van der Waals surface area contributed by atoms with Gasteiger partial charge in [-0.25, -0.2) is 4.79 Å². The monoisotopic (exact) mass is 266 g/mol. The molecule has 2 rings (SSSR count). The maximum absolute atomic E-state index is 11.1. The fourth-order valence-electron chi connectivity index (χ4n) is 2.01. The Morgan fingerprint density at radius 1 is 1.58 bits per heavy atom. The van der Waals surface area contributed by atoms with E-state index in [4.69, 9.17) is 9.84 Å². The van der Waals surface area contributed by atoms with E-state index < -0.39 is 10.9 Å². The lowest BCUT2D eigenvalue weighted by Gasteiger charge is -2.13. The molecule has 0 aromatic heterocycles.